The van der Waals surface area contributed by atoms with Gasteiger partial charge in [-0.15, -0.1) is 0 Å². The van der Waals surface area contributed by atoms with E-state index in [0.29, 0.717) is 50.7 Å². The first-order chi connectivity index (χ1) is 18.3. The maximum Gasteiger partial charge on any atom is 0.420 e. The smallest absolute Gasteiger partial charge is 0.420 e. The van der Waals surface area contributed by atoms with E-state index in [-0.39, 0.29) is 17.4 Å². The van der Waals surface area contributed by atoms with Gasteiger partial charge in [0.1, 0.15) is 22.6 Å². The Bertz CT molecular complexity index is 1420. The molecule has 0 saturated carbocycles. The Morgan fingerprint density at radius 3 is 2.44 bits per heavy atom. The Morgan fingerprint density at radius 1 is 1.05 bits per heavy atom. The number of halogens is 3. The van der Waals surface area contributed by atoms with Crippen molar-refractivity contribution >= 4 is 35.0 Å². The Kier molecular flexibility index (Phi) is 6.55. The predicted octanol–water partition coefficient (Wildman–Crippen LogP) is 4.71. The molecule has 0 aliphatic carbocycles. The monoisotopic (exact) mass is 545 g/mol. The average Bonchev–Trinajstić information content (AvgIpc) is 3.44. The number of alkyl halides is 3. The highest BCUT2D eigenvalue weighted by Gasteiger charge is 2.36. The van der Waals surface area contributed by atoms with Crippen molar-refractivity contribution in [1.29, 1.82) is 0 Å². The van der Waals surface area contributed by atoms with Gasteiger partial charge in [0.2, 0.25) is 0 Å². The van der Waals surface area contributed by atoms with Crippen molar-refractivity contribution in [3.05, 3.63) is 47.5 Å². The van der Waals surface area contributed by atoms with Crippen molar-refractivity contribution in [2.75, 3.05) is 47.8 Å². The number of piperazine rings is 1. The molecule has 0 atom stereocenters. The number of carbonyl (C=O) groups excluding carboxylic acids is 2. The molecule has 0 radical (unpaired) electrons. The molecule has 0 spiro atoms. The van der Waals surface area contributed by atoms with Gasteiger partial charge in [-0.1, -0.05) is 0 Å². The van der Waals surface area contributed by atoms with Crippen LogP contribution in [0.2, 0.25) is 0 Å². The lowest BCUT2D eigenvalue weighted by Crippen LogP contribution is -2.50. The van der Waals surface area contributed by atoms with Gasteiger partial charge < -0.3 is 24.3 Å². The van der Waals surface area contributed by atoms with E-state index in [1.54, 1.807) is 18.0 Å². The van der Waals surface area contributed by atoms with Gasteiger partial charge in [-0.25, -0.2) is 19.6 Å². The molecule has 3 aromatic rings. The van der Waals surface area contributed by atoms with Gasteiger partial charge in [-0.05, 0) is 46.2 Å². The molecule has 208 valence electrons. The van der Waals surface area contributed by atoms with E-state index in [2.05, 4.69) is 20.2 Å². The van der Waals surface area contributed by atoms with Gasteiger partial charge in [0.15, 0.2) is 0 Å². The Balaban J connectivity index is 1.32. The number of carbonyl (C=O) groups is 2. The molecule has 5 rings (SSSR count). The molecule has 1 saturated heterocycles. The number of hydrogen-bond donors (Lipinski definition) is 1. The lowest BCUT2D eigenvalue weighted by molar-refractivity contribution is -0.136. The van der Waals surface area contributed by atoms with E-state index >= 15 is 0 Å². The standard InChI is InChI=1S/C26H30F3N7O3/c1-16-14-35-15-17(13-19(22(35)31-16)26(27,28)29)32-23(37)36-8-6-18-20(5-7-30-21(18)36)33-9-11-34(12-10-33)24(38)39-25(2,3)4/h5,7,13-15H,6,8-12H2,1-4H3,(H,32,37). The third kappa shape index (κ3) is 5.43. The second-order valence-electron chi connectivity index (χ2n) is 10.7. The Hall–Kier alpha value is -4.03. The summed E-state index contributed by atoms with van der Waals surface area (Å²) in [4.78, 5) is 39.3. The fraction of sp³-hybridized carbons (Fsp3) is 0.462. The number of amides is 3. The Morgan fingerprint density at radius 2 is 1.77 bits per heavy atom. The van der Waals surface area contributed by atoms with Crippen LogP contribution in [0.4, 0.5) is 40.0 Å². The zero-order chi connectivity index (χ0) is 28.1. The molecule has 2 aliphatic heterocycles. The summed E-state index contributed by atoms with van der Waals surface area (Å²) in [6.45, 7) is 9.59. The molecule has 39 heavy (non-hydrogen) atoms. The summed E-state index contributed by atoms with van der Waals surface area (Å²) in [7, 11) is 0. The van der Waals surface area contributed by atoms with Gasteiger partial charge in [0.25, 0.3) is 0 Å². The number of anilines is 3. The molecule has 0 aromatic carbocycles. The third-order valence-corrected chi connectivity index (χ3v) is 6.59. The van der Waals surface area contributed by atoms with Crippen molar-refractivity contribution in [3.63, 3.8) is 0 Å². The molecular weight excluding hydrogens is 515 g/mol. The second kappa shape index (κ2) is 9.62. The quantitative estimate of drug-likeness (QED) is 0.501. The van der Waals surface area contributed by atoms with E-state index < -0.39 is 23.4 Å². The number of imidazole rings is 1. The minimum absolute atomic E-state index is 0.0000874. The number of aromatic nitrogens is 3. The van der Waals surface area contributed by atoms with Crippen LogP contribution in [-0.4, -0.2) is 69.7 Å². The summed E-state index contributed by atoms with van der Waals surface area (Å²) >= 11 is 0. The van der Waals surface area contributed by atoms with E-state index in [9.17, 15) is 22.8 Å². The minimum atomic E-state index is -4.63. The minimum Gasteiger partial charge on any atom is -0.444 e. The van der Waals surface area contributed by atoms with Gasteiger partial charge in [-0.3, -0.25) is 4.90 Å². The zero-order valence-corrected chi connectivity index (χ0v) is 22.2. The topological polar surface area (TPSA) is 95.3 Å². The van der Waals surface area contributed by atoms with Crippen LogP contribution in [0.15, 0.2) is 30.7 Å². The highest BCUT2D eigenvalue weighted by Crippen LogP contribution is 2.36. The molecule has 3 aromatic heterocycles. The number of nitrogens with zero attached hydrogens (tertiary/aromatic N) is 6. The summed E-state index contributed by atoms with van der Waals surface area (Å²) in [6.07, 6.45) is 0.0650. The van der Waals surface area contributed by atoms with Crippen LogP contribution in [0.5, 0.6) is 0 Å². The lowest BCUT2D eigenvalue weighted by atomic mass is 10.1. The third-order valence-electron chi connectivity index (χ3n) is 6.59. The number of urea groups is 1. The zero-order valence-electron chi connectivity index (χ0n) is 22.2. The molecule has 1 fully saturated rings. The summed E-state index contributed by atoms with van der Waals surface area (Å²) < 4.78 is 47.8. The maximum atomic E-state index is 13.7. The van der Waals surface area contributed by atoms with E-state index in [1.165, 1.54) is 21.7 Å². The van der Waals surface area contributed by atoms with Crippen molar-refractivity contribution in [1.82, 2.24) is 19.3 Å². The molecule has 0 bridgehead atoms. The van der Waals surface area contributed by atoms with E-state index in [4.69, 9.17) is 4.74 Å². The van der Waals surface area contributed by atoms with Gasteiger partial charge >= 0.3 is 18.3 Å². The van der Waals surface area contributed by atoms with Crippen LogP contribution < -0.4 is 15.1 Å². The van der Waals surface area contributed by atoms with E-state index in [0.717, 1.165) is 17.3 Å². The SMILES string of the molecule is Cc1cn2cc(NC(=O)N3CCc4c(N5CCN(C(=O)OC(C)(C)C)CC5)ccnc43)cc(C(F)(F)F)c2n1. The van der Waals surface area contributed by atoms with Gasteiger partial charge in [0.05, 0.1) is 11.4 Å². The van der Waals surface area contributed by atoms with Crippen LogP contribution in [-0.2, 0) is 17.3 Å². The lowest BCUT2D eigenvalue weighted by Gasteiger charge is -2.37. The number of rotatable bonds is 2. The van der Waals surface area contributed by atoms with Crippen molar-refractivity contribution < 1.29 is 27.5 Å². The van der Waals surface area contributed by atoms with Crippen LogP contribution >= 0.6 is 0 Å². The van der Waals surface area contributed by atoms with Crippen LogP contribution in [0, 0.1) is 6.92 Å². The normalized spacial score (nSPS) is 16.0. The summed E-state index contributed by atoms with van der Waals surface area (Å²) in [5.41, 5.74) is 0.524. The van der Waals surface area contributed by atoms with Crippen molar-refractivity contribution in [3.8, 4) is 0 Å². The number of nitrogens with one attached hydrogen (secondary N) is 1. The molecule has 13 heteroatoms. The van der Waals surface area contributed by atoms with E-state index in [1.807, 2.05) is 26.8 Å². The highest BCUT2D eigenvalue weighted by atomic mass is 19.4. The molecule has 0 unspecified atom stereocenters. The van der Waals surface area contributed by atoms with Crippen molar-refractivity contribution in [2.45, 2.75) is 45.9 Å². The molecule has 10 nitrogen and oxygen atoms in total. The van der Waals surface area contributed by atoms with Crippen LogP contribution in [0.25, 0.3) is 5.65 Å². The van der Waals surface area contributed by atoms with Gasteiger partial charge in [0, 0.05) is 62.6 Å². The number of pyridine rings is 2. The number of hydrogen-bond acceptors (Lipinski definition) is 6. The summed E-state index contributed by atoms with van der Waals surface area (Å²) in [5.74, 6) is 0.468. The molecule has 5 heterocycles. The largest absolute Gasteiger partial charge is 0.444 e. The van der Waals surface area contributed by atoms with Gasteiger partial charge in [-0.2, -0.15) is 13.2 Å². The fourth-order valence-electron chi connectivity index (χ4n) is 4.91. The van der Waals surface area contributed by atoms with Crippen molar-refractivity contribution in [2.24, 2.45) is 0 Å². The molecule has 1 N–H and O–H groups in total. The number of aryl methyl sites for hydroxylation is 1. The van der Waals surface area contributed by atoms with Crippen LogP contribution in [0.1, 0.15) is 37.6 Å². The second-order valence-corrected chi connectivity index (χ2v) is 10.7. The average molecular weight is 546 g/mol. The molecular formula is C26H30F3N7O3. The number of ether oxygens (including phenoxy) is 1. The Labute approximate surface area is 223 Å². The first-order valence-corrected chi connectivity index (χ1v) is 12.7. The van der Waals surface area contributed by atoms with Crippen LogP contribution in [0.3, 0.4) is 0 Å². The first kappa shape index (κ1) is 26.6. The summed E-state index contributed by atoms with van der Waals surface area (Å²) in [6, 6.07) is 2.20. The maximum absolute atomic E-state index is 13.7. The highest BCUT2D eigenvalue weighted by molar-refractivity contribution is 6.03. The molecule has 3 amide bonds. The fourth-order valence-corrected chi connectivity index (χ4v) is 4.91. The predicted molar refractivity (Wildman–Crippen MR) is 139 cm³/mol. The summed E-state index contributed by atoms with van der Waals surface area (Å²) in [5, 5.41) is 2.60. The molecule has 2 aliphatic rings. The first-order valence-electron chi connectivity index (χ1n) is 12.7. The number of fused-ring (bicyclic) bond motifs is 2.